The molecule has 1 atom stereocenters. The number of alkyl carbamates (subject to hydrolysis) is 1. The highest BCUT2D eigenvalue weighted by Gasteiger charge is 2.27. The van der Waals surface area contributed by atoms with Crippen LogP contribution in [-0.2, 0) is 22.6 Å². The number of nitrogens with one attached hydrogen (secondary N) is 2. The van der Waals surface area contributed by atoms with Gasteiger partial charge < -0.3 is 20.3 Å². The molecule has 1 aliphatic heterocycles. The van der Waals surface area contributed by atoms with Crippen molar-refractivity contribution in [2.24, 2.45) is 0 Å². The van der Waals surface area contributed by atoms with Crippen LogP contribution in [0.4, 0.5) is 19.3 Å². The molecule has 40 heavy (non-hydrogen) atoms. The van der Waals surface area contributed by atoms with Gasteiger partial charge in [-0.15, -0.1) is 0 Å². The summed E-state index contributed by atoms with van der Waals surface area (Å²) in [6.45, 7) is 4.76. The Balaban J connectivity index is 1.83. The third kappa shape index (κ3) is 6.63. The van der Waals surface area contributed by atoms with Gasteiger partial charge in [-0.05, 0) is 38.5 Å². The largest absolute Gasteiger partial charge is 0.444 e. The van der Waals surface area contributed by atoms with E-state index in [1.807, 2.05) is 0 Å². The molecule has 3 aromatic rings. The average Bonchev–Trinajstić information content (AvgIpc) is 2.89. The molecule has 212 valence electrons. The van der Waals surface area contributed by atoms with E-state index in [1.165, 1.54) is 11.0 Å². The normalized spacial score (nSPS) is 14.6. The Morgan fingerprint density at radius 1 is 1.05 bits per heavy atom. The number of carbonyl (C=O) groups excluding carboxylic acids is 2. The van der Waals surface area contributed by atoms with Gasteiger partial charge >= 0.3 is 11.8 Å². The smallest absolute Gasteiger partial charge is 0.408 e. The Hall–Kier alpha value is -4.32. The molecule has 4 rings (SSSR count). The number of halogens is 2. The number of hydrogen-bond donors (Lipinski definition) is 2. The minimum Gasteiger partial charge on any atom is -0.444 e. The Kier molecular flexibility index (Phi) is 8.48. The fourth-order valence-corrected chi connectivity index (χ4v) is 4.36. The van der Waals surface area contributed by atoms with E-state index < -0.39 is 53.1 Å². The number of anilines is 1. The van der Waals surface area contributed by atoms with Crippen molar-refractivity contribution in [3.05, 3.63) is 98.3 Å². The van der Waals surface area contributed by atoms with Crippen molar-refractivity contribution < 1.29 is 23.1 Å². The number of rotatable bonds is 7. The molecule has 10 nitrogen and oxygen atoms in total. The summed E-state index contributed by atoms with van der Waals surface area (Å²) in [5, 5.41) is 5.62. The summed E-state index contributed by atoms with van der Waals surface area (Å²) in [5.41, 5.74) is -2.37. The molecule has 1 aromatic heterocycles. The number of carbonyl (C=O) groups is 2. The monoisotopic (exact) mass is 555 g/mol. The van der Waals surface area contributed by atoms with Crippen molar-refractivity contribution in [1.82, 2.24) is 19.8 Å². The van der Waals surface area contributed by atoms with Gasteiger partial charge in [0.25, 0.3) is 5.56 Å². The third-order valence-corrected chi connectivity index (χ3v) is 6.25. The molecule has 2 amide bonds. The molecule has 1 unspecified atom stereocenters. The lowest BCUT2D eigenvalue weighted by Crippen LogP contribution is -2.52. The van der Waals surface area contributed by atoms with Gasteiger partial charge in [0.2, 0.25) is 5.91 Å². The van der Waals surface area contributed by atoms with Crippen LogP contribution in [-0.4, -0.2) is 46.4 Å². The van der Waals surface area contributed by atoms with E-state index in [0.717, 1.165) is 27.5 Å². The molecule has 12 heteroatoms. The summed E-state index contributed by atoms with van der Waals surface area (Å²) < 4.78 is 36.3. The Morgan fingerprint density at radius 2 is 1.73 bits per heavy atom. The second-order valence-electron chi connectivity index (χ2n) is 10.4. The molecule has 1 saturated heterocycles. The number of benzene rings is 2. The van der Waals surface area contributed by atoms with Crippen LogP contribution in [0, 0.1) is 11.6 Å². The lowest BCUT2D eigenvalue weighted by Gasteiger charge is -2.28. The fraction of sp³-hybridized carbons (Fsp3) is 0.357. The summed E-state index contributed by atoms with van der Waals surface area (Å²) in [5.74, 6) is -2.12. The molecular formula is C28H31F2N5O5. The Bertz CT molecular complexity index is 1490. The topological polar surface area (TPSA) is 115 Å². The molecule has 0 spiro atoms. The number of aromatic nitrogens is 2. The number of piperazine rings is 1. The summed E-state index contributed by atoms with van der Waals surface area (Å²) in [6, 6.07) is 11.1. The van der Waals surface area contributed by atoms with Crippen LogP contribution in [0.5, 0.6) is 0 Å². The molecule has 2 aromatic carbocycles. The van der Waals surface area contributed by atoms with Crippen LogP contribution < -0.4 is 26.8 Å². The van der Waals surface area contributed by atoms with Gasteiger partial charge in [-0.3, -0.25) is 18.7 Å². The number of amides is 2. The van der Waals surface area contributed by atoms with E-state index in [-0.39, 0.29) is 30.9 Å². The van der Waals surface area contributed by atoms with Crippen LogP contribution in [0.25, 0.3) is 0 Å². The highest BCUT2D eigenvalue weighted by atomic mass is 19.1. The van der Waals surface area contributed by atoms with E-state index >= 15 is 0 Å². The van der Waals surface area contributed by atoms with E-state index in [1.54, 1.807) is 51.1 Å². The quantitative estimate of drug-likeness (QED) is 0.463. The van der Waals surface area contributed by atoms with Crippen molar-refractivity contribution in [3.8, 4) is 0 Å². The van der Waals surface area contributed by atoms with Gasteiger partial charge in [0.05, 0.1) is 25.7 Å². The Labute approximate surface area is 229 Å². The SMILES string of the molecule is CC(C)(C)OC(=O)NC(Cn1c(=O)c(N2CCNCC2=O)cn(Cc2c(F)cccc2F)c1=O)c1ccccc1. The van der Waals surface area contributed by atoms with Crippen LogP contribution in [0.15, 0.2) is 64.3 Å². The number of ether oxygens (including phenoxy) is 1. The predicted molar refractivity (Wildman–Crippen MR) is 144 cm³/mol. The molecule has 0 bridgehead atoms. The second-order valence-corrected chi connectivity index (χ2v) is 10.4. The standard InChI is InChI=1S/C28H31F2N5O5/c1-28(2,3)40-26(38)32-22(18-8-5-4-6-9-18)16-35-25(37)23(34-13-12-31-14-24(34)36)17-33(27(35)39)15-19-20(29)10-7-11-21(19)30/h4-11,17,22,31H,12-16H2,1-3H3,(H,32,38). The first-order chi connectivity index (χ1) is 18.9. The zero-order valence-electron chi connectivity index (χ0n) is 22.4. The molecule has 1 aliphatic rings. The summed E-state index contributed by atoms with van der Waals surface area (Å²) >= 11 is 0. The summed E-state index contributed by atoms with van der Waals surface area (Å²) in [7, 11) is 0. The fourth-order valence-electron chi connectivity index (χ4n) is 4.36. The van der Waals surface area contributed by atoms with E-state index in [0.29, 0.717) is 12.1 Å². The first kappa shape index (κ1) is 28.7. The maximum Gasteiger partial charge on any atom is 0.408 e. The van der Waals surface area contributed by atoms with E-state index in [9.17, 15) is 28.0 Å². The van der Waals surface area contributed by atoms with Gasteiger partial charge in [-0.1, -0.05) is 36.4 Å². The van der Waals surface area contributed by atoms with Crippen molar-refractivity contribution in [2.75, 3.05) is 24.5 Å². The first-order valence-electron chi connectivity index (χ1n) is 12.8. The maximum absolute atomic E-state index is 14.5. The van der Waals surface area contributed by atoms with E-state index in [2.05, 4.69) is 10.6 Å². The highest BCUT2D eigenvalue weighted by Crippen LogP contribution is 2.18. The highest BCUT2D eigenvalue weighted by molar-refractivity contribution is 5.95. The van der Waals surface area contributed by atoms with Gasteiger partial charge in [0.15, 0.2) is 0 Å². The average molecular weight is 556 g/mol. The van der Waals surface area contributed by atoms with Crippen LogP contribution in [0.1, 0.15) is 37.9 Å². The van der Waals surface area contributed by atoms with Gasteiger partial charge in [0.1, 0.15) is 22.9 Å². The first-order valence-corrected chi connectivity index (χ1v) is 12.8. The lowest BCUT2D eigenvalue weighted by atomic mass is 10.1. The third-order valence-electron chi connectivity index (χ3n) is 6.25. The minimum absolute atomic E-state index is 0.0205. The van der Waals surface area contributed by atoms with Gasteiger partial charge in [-0.2, -0.15) is 0 Å². The maximum atomic E-state index is 14.5. The van der Waals surface area contributed by atoms with Gasteiger partial charge in [-0.25, -0.2) is 18.4 Å². The molecule has 1 fully saturated rings. The van der Waals surface area contributed by atoms with E-state index in [4.69, 9.17) is 4.74 Å². The van der Waals surface area contributed by atoms with Crippen LogP contribution in [0.2, 0.25) is 0 Å². The van der Waals surface area contributed by atoms with Crippen LogP contribution >= 0.6 is 0 Å². The molecule has 2 heterocycles. The zero-order chi connectivity index (χ0) is 29.0. The minimum atomic E-state index is -0.894. The summed E-state index contributed by atoms with van der Waals surface area (Å²) in [4.78, 5) is 53.9. The Morgan fingerprint density at radius 3 is 2.35 bits per heavy atom. The van der Waals surface area contributed by atoms with Crippen molar-refractivity contribution >= 4 is 17.7 Å². The second kappa shape index (κ2) is 11.8. The molecular weight excluding hydrogens is 524 g/mol. The molecule has 2 N–H and O–H groups in total. The number of hydrogen-bond acceptors (Lipinski definition) is 6. The van der Waals surface area contributed by atoms with Crippen LogP contribution in [0.3, 0.4) is 0 Å². The van der Waals surface area contributed by atoms with Crippen molar-refractivity contribution in [2.45, 2.75) is 45.5 Å². The molecule has 0 radical (unpaired) electrons. The molecule has 0 saturated carbocycles. The zero-order valence-corrected chi connectivity index (χ0v) is 22.4. The number of nitrogens with zero attached hydrogens (tertiary/aromatic N) is 3. The molecule has 0 aliphatic carbocycles. The van der Waals surface area contributed by atoms with Crippen molar-refractivity contribution in [1.29, 1.82) is 0 Å². The summed E-state index contributed by atoms with van der Waals surface area (Å²) in [6.07, 6.45) is 0.381. The lowest BCUT2D eigenvalue weighted by molar-refractivity contribution is -0.118. The predicted octanol–water partition coefficient (Wildman–Crippen LogP) is 2.54. The van der Waals surface area contributed by atoms with Gasteiger partial charge in [0, 0.05) is 24.8 Å². The van der Waals surface area contributed by atoms with Crippen molar-refractivity contribution in [3.63, 3.8) is 0 Å².